The lowest BCUT2D eigenvalue weighted by molar-refractivity contribution is -0.141. The van der Waals surface area contributed by atoms with Gasteiger partial charge < -0.3 is 14.8 Å². The summed E-state index contributed by atoms with van der Waals surface area (Å²) in [6.45, 7) is 3.19. The molecule has 1 heterocycles. The number of esters is 2. The first-order valence-corrected chi connectivity index (χ1v) is 10.7. The van der Waals surface area contributed by atoms with Gasteiger partial charge in [0.1, 0.15) is 13.2 Å². The van der Waals surface area contributed by atoms with E-state index >= 15 is 0 Å². The van der Waals surface area contributed by atoms with Gasteiger partial charge in [-0.15, -0.1) is 0 Å². The zero-order valence-electron chi connectivity index (χ0n) is 18.3. The first kappa shape index (κ1) is 24.2. The lowest BCUT2D eigenvalue weighted by Crippen LogP contribution is -2.41. The van der Waals surface area contributed by atoms with Crippen LogP contribution in [-0.4, -0.2) is 61.5 Å². The fraction of sp³-hybridized carbons (Fsp3) is 0.304. The molecule has 0 saturated carbocycles. The highest BCUT2D eigenvalue weighted by molar-refractivity contribution is 6.31. The number of nitrogens with one attached hydrogen (secondary N) is 1. The van der Waals surface area contributed by atoms with Crippen LogP contribution >= 0.6 is 11.6 Å². The summed E-state index contributed by atoms with van der Waals surface area (Å²) in [4.78, 5) is 51.8. The second-order valence-electron chi connectivity index (χ2n) is 7.32. The smallest absolute Gasteiger partial charge is 0.302 e. The predicted octanol–water partition coefficient (Wildman–Crippen LogP) is 3.00. The van der Waals surface area contributed by atoms with Crippen molar-refractivity contribution in [1.29, 1.82) is 0 Å². The van der Waals surface area contributed by atoms with Gasteiger partial charge in [0.25, 0.3) is 5.91 Å². The van der Waals surface area contributed by atoms with Crippen molar-refractivity contribution < 1.29 is 28.7 Å². The molecule has 0 radical (unpaired) electrons. The summed E-state index contributed by atoms with van der Waals surface area (Å²) < 4.78 is 10.0. The maximum atomic E-state index is 13.6. The molecule has 2 aromatic carbocycles. The zero-order chi connectivity index (χ0) is 24.0. The van der Waals surface area contributed by atoms with E-state index in [4.69, 9.17) is 21.1 Å². The molecule has 2 amide bonds. The Hall–Kier alpha value is -3.43. The number of rotatable bonds is 8. The van der Waals surface area contributed by atoms with Gasteiger partial charge in [-0.05, 0) is 30.3 Å². The summed E-state index contributed by atoms with van der Waals surface area (Å²) in [6.07, 6.45) is 0. The van der Waals surface area contributed by atoms with Crippen molar-refractivity contribution in [3.63, 3.8) is 0 Å². The second kappa shape index (κ2) is 10.9. The molecule has 0 bridgehead atoms. The fourth-order valence-electron chi connectivity index (χ4n) is 3.42. The lowest BCUT2D eigenvalue weighted by atomic mass is 10.1. The number of hydrogen-bond donors (Lipinski definition) is 1. The Kier molecular flexibility index (Phi) is 8.02. The summed E-state index contributed by atoms with van der Waals surface area (Å²) in [5, 5.41) is 3.22. The first-order valence-electron chi connectivity index (χ1n) is 10.3. The Morgan fingerprint density at radius 3 is 2.24 bits per heavy atom. The summed E-state index contributed by atoms with van der Waals surface area (Å²) in [6, 6.07) is 11.7. The molecule has 0 aromatic heterocycles. The minimum atomic E-state index is -0.432. The van der Waals surface area contributed by atoms with Gasteiger partial charge in [-0.25, -0.2) is 0 Å². The van der Waals surface area contributed by atoms with Gasteiger partial charge in [-0.1, -0.05) is 23.7 Å². The van der Waals surface area contributed by atoms with Gasteiger partial charge in [0.05, 0.1) is 29.2 Å². The van der Waals surface area contributed by atoms with Crippen molar-refractivity contribution in [3.8, 4) is 0 Å². The molecular weight excluding hydrogens is 450 g/mol. The molecule has 1 aliphatic heterocycles. The van der Waals surface area contributed by atoms with E-state index in [0.717, 1.165) is 0 Å². The molecule has 174 valence electrons. The average molecular weight is 474 g/mol. The third-order valence-electron chi connectivity index (χ3n) is 4.87. The molecule has 3 rings (SSSR count). The van der Waals surface area contributed by atoms with Crippen LogP contribution in [0.1, 0.15) is 24.2 Å². The summed E-state index contributed by atoms with van der Waals surface area (Å²) in [5.74, 6) is -1.55. The third kappa shape index (κ3) is 6.30. The minimum Gasteiger partial charge on any atom is -0.465 e. The second-order valence-corrected chi connectivity index (χ2v) is 7.75. The highest BCUT2D eigenvalue weighted by atomic mass is 35.5. The maximum absolute atomic E-state index is 13.6. The monoisotopic (exact) mass is 473 g/mol. The van der Waals surface area contributed by atoms with E-state index in [9.17, 15) is 19.2 Å². The maximum Gasteiger partial charge on any atom is 0.302 e. The average Bonchev–Trinajstić information content (AvgIpc) is 2.86. The number of amides is 2. The highest BCUT2D eigenvalue weighted by Crippen LogP contribution is 2.39. The SMILES string of the molecule is CC(=O)OCCN(CCOC(C)=O)CC(=O)N1c2ccc(Cl)cc2NC(=O)c2ccccc21. The molecule has 0 saturated heterocycles. The topological polar surface area (TPSA) is 105 Å². The van der Waals surface area contributed by atoms with E-state index in [2.05, 4.69) is 5.32 Å². The molecule has 1 aliphatic rings. The minimum absolute atomic E-state index is 0.0749. The summed E-state index contributed by atoms with van der Waals surface area (Å²) in [7, 11) is 0. The molecule has 0 fully saturated rings. The lowest BCUT2D eigenvalue weighted by Gasteiger charge is -2.28. The van der Waals surface area contributed by atoms with Crippen molar-refractivity contribution in [1.82, 2.24) is 4.90 Å². The van der Waals surface area contributed by atoms with E-state index in [0.29, 0.717) is 27.6 Å². The number of ether oxygens (including phenoxy) is 2. The van der Waals surface area contributed by atoms with Crippen molar-refractivity contribution >= 4 is 52.4 Å². The van der Waals surface area contributed by atoms with Gasteiger partial charge in [-0.2, -0.15) is 0 Å². The number of benzene rings is 2. The van der Waals surface area contributed by atoms with Gasteiger partial charge in [0.15, 0.2) is 0 Å². The number of nitrogens with zero attached hydrogens (tertiary/aromatic N) is 2. The Balaban J connectivity index is 1.90. The Labute approximate surface area is 196 Å². The molecule has 33 heavy (non-hydrogen) atoms. The number of para-hydroxylation sites is 1. The number of fused-ring (bicyclic) bond motifs is 2. The van der Waals surface area contributed by atoms with Crippen LogP contribution in [0.5, 0.6) is 0 Å². The standard InChI is InChI=1S/C23H24ClN3O6/c1-15(28)32-11-9-26(10-12-33-16(2)29)14-22(30)27-20-6-4-3-5-18(20)23(31)25-19-13-17(24)7-8-21(19)27/h3-8,13H,9-12,14H2,1-2H3,(H,25,31). The van der Waals surface area contributed by atoms with Crippen LogP contribution in [0.4, 0.5) is 17.1 Å². The number of carbonyl (C=O) groups is 4. The van der Waals surface area contributed by atoms with Crippen molar-refractivity contribution in [2.45, 2.75) is 13.8 Å². The molecule has 0 aliphatic carbocycles. The predicted molar refractivity (Wildman–Crippen MR) is 123 cm³/mol. The number of hydrogen-bond acceptors (Lipinski definition) is 7. The van der Waals surface area contributed by atoms with Crippen LogP contribution in [0, 0.1) is 0 Å². The van der Waals surface area contributed by atoms with Crippen LogP contribution < -0.4 is 10.2 Å². The van der Waals surface area contributed by atoms with Gasteiger partial charge >= 0.3 is 11.9 Å². The molecule has 2 aromatic rings. The first-order chi connectivity index (χ1) is 15.8. The number of halogens is 1. The van der Waals surface area contributed by atoms with Crippen LogP contribution in [-0.2, 0) is 23.9 Å². The Morgan fingerprint density at radius 1 is 0.970 bits per heavy atom. The van der Waals surface area contributed by atoms with E-state index in [-0.39, 0.29) is 44.7 Å². The molecule has 10 heteroatoms. The van der Waals surface area contributed by atoms with Crippen molar-refractivity contribution in [2.75, 3.05) is 43.1 Å². The molecular formula is C23H24ClN3O6. The van der Waals surface area contributed by atoms with Crippen LogP contribution in [0.3, 0.4) is 0 Å². The number of carbonyl (C=O) groups excluding carboxylic acids is 4. The largest absolute Gasteiger partial charge is 0.465 e. The summed E-state index contributed by atoms with van der Waals surface area (Å²) >= 11 is 6.12. The van der Waals surface area contributed by atoms with Gasteiger partial charge in [-0.3, -0.25) is 29.0 Å². The summed E-state index contributed by atoms with van der Waals surface area (Å²) in [5.41, 5.74) is 1.65. The fourth-order valence-corrected chi connectivity index (χ4v) is 3.59. The molecule has 0 unspecified atom stereocenters. The zero-order valence-corrected chi connectivity index (χ0v) is 19.1. The van der Waals surface area contributed by atoms with Crippen LogP contribution in [0.15, 0.2) is 42.5 Å². The molecule has 1 N–H and O–H groups in total. The van der Waals surface area contributed by atoms with E-state index < -0.39 is 11.9 Å². The molecule has 0 spiro atoms. The van der Waals surface area contributed by atoms with E-state index in [1.54, 1.807) is 47.4 Å². The Bertz CT molecular complexity index is 1050. The van der Waals surface area contributed by atoms with Gasteiger partial charge in [0, 0.05) is 32.0 Å². The van der Waals surface area contributed by atoms with Crippen molar-refractivity contribution in [2.24, 2.45) is 0 Å². The molecule has 9 nitrogen and oxygen atoms in total. The normalized spacial score (nSPS) is 12.4. The quantitative estimate of drug-likeness (QED) is 0.587. The van der Waals surface area contributed by atoms with E-state index in [1.165, 1.54) is 18.7 Å². The van der Waals surface area contributed by atoms with Crippen LogP contribution in [0.25, 0.3) is 0 Å². The molecule has 0 atom stereocenters. The highest BCUT2D eigenvalue weighted by Gasteiger charge is 2.30. The van der Waals surface area contributed by atoms with Gasteiger partial charge in [0.2, 0.25) is 5.91 Å². The third-order valence-corrected chi connectivity index (χ3v) is 5.11. The van der Waals surface area contributed by atoms with Crippen LogP contribution in [0.2, 0.25) is 5.02 Å². The Morgan fingerprint density at radius 2 is 1.61 bits per heavy atom. The number of anilines is 3. The van der Waals surface area contributed by atoms with E-state index in [1.807, 2.05) is 0 Å². The van der Waals surface area contributed by atoms with Crippen molar-refractivity contribution in [3.05, 3.63) is 53.1 Å².